The van der Waals surface area contributed by atoms with Crippen molar-refractivity contribution in [2.75, 3.05) is 0 Å². The second-order valence-corrected chi connectivity index (χ2v) is 4.09. The second kappa shape index (κ2) is 4.61. The van der Waals surface area contributed by atoms with Crippen LogP contribution >= 0.6 is 0 Å². The van der Waals surface area contributed by atoms with Crippen molar-refractivity contribution >= 4 is 11.9 Å². The van der Waals surface area contributed by atoms with Crippen LogP contribution in [0, 0.1) is 0 Å². The van der Waals surface area contributed by atoms with Crippen LogP contribution in [0.25, 0.3) is 0 Å². The van der Waals surface area contributed by atoms with Crippen molar-refractivity contribution in [2.24, 2.45) is 0 Å². The van der Waals surface area contributed by atoms with Crippen LogP contribution in [-0.2, 0) is 19.1 Å². The summed E-state index contributed by atoms with van der Waals surface area (Å²) in [6, 6.07) is -1.06. The highest BCUT2D eigenvalue weighted by Crippen LogP contribution is 2.15. The molecule has 0 aromatic rings. The van der Waals surface area contributed by atoms with E-state index >= 15 is 0 Å². The highest BCUT2D eigenvalue weighted by Gasteiger charge is 2.50. The SMILES string of the molecule is CC(C)OC(=O)[C@H]1N[C@@H]1C(=O)OC(C)C. The van der Waals surface area contributed by atoms with Gasteiger partial charge in [0.15, 0.2) is 0 Å². The van der Waals surface area contributed by atoms with Crippen LogP contribution in [0.1, 0.15) is 27.7 Å². The van der Waals surface area contributed by atoms with Gasteiger partial charge in [-0.15, -0.1) is 0 Å². The molecule has 1 heterocycles. The zero-order valence-electron chi connectivity index (χ0n) is 9.44. The molecule has 1 rings (SSSR count). The zero-order chi connectivity index (χ0) is 11.6. The van der Waals surface area contributed by atoms with Crippen LogP contribution in [0.5, 0.6) is 0 Å². The maximum atomic E-state index is 11.3. The molecule has 86 valence electrons. The molecule has 0 aromatic carbocycles. The predicted molar refractivity (Wildman–Crippen MR) is 53.2 cm³/mol. The summed E-state index contributed by atoms with van der Waals surface area (Å²) in [6.45, 7) is 7.06. The Morgan fingerprint density at radius 2 is 1.27 bits per heavy atom. The summed E-state index contributed by atoms with van der Waals surface area (Å²) in [5, 5.41) is 2.73. The fourth-order valence-electron chi connectivity index (χ4n) is 1.16. The molecule has 1 N–H and O–H groups in total. The summed E-state index contributed by atoms with van der Waals surface area (Å²) in [4.78, 5) is 22.6. The second-order valence-electron chi connectivity index (χ2n) is 4.09. The average molecular weight is 215 g/mol. The number of rotatable bonds is 4. The number of carbonyl (C=O) groups is 2. The van der Waals surface area contributed by atoms with Gasteiger partial charge in [-0.2, -0.15) is 0 Å². The molecule has 0 unspecified atom stereocenters. The number of hydrogen-bond donors (Lipinski definition) is 1. The van der Waals surface area contributed by atoms with E-state index < -0.39 is 24.0 Å². The van der Waals surface area contributed by atoms with E-state index in [-0.39, 0.29) is 12.2 Å². The van der Waals surface area contributed by atoms with Gasteiger partial charge in [0.2, 0.25) is 0 Å². The monoisotopic (exact) mass is 215 g/mol. The third kappa shape index (κ3) is 3.51. The Balaban J connectivity index is 2.33. The van der Waals surface area contributed by atoms with E-state index in [1.807, 2.05) is 0 Å². The lowest BCUT2D eigenvalue weighted by Crippen LogP contribution is -2.24. The van der Waals surface area contributed by atoms with Crippen LogP contribution in [0.2, 0.25) is 0 Å². The molecule has 5 nitrogen and oxygen atoms in total. The maximum Gasteiger partial charge on any atom is 0.325 e. The van der Waals surface area contributed by atoms with Crippen LogP contribution in [0.3, 0.4) is 0 Å². The van der Waals surface area contributed by atoms with Crippen LogP contribution in [0.15, 0.2) is 0 Å². The van der Waals surface area contributed by atoms with Gasteiger partial charge in [-0.25, -0.2) is 0 Å². The van der Waals surface area contributed by atoms with Crippen molar-refractivity contribution in [2.45, 2.75) is 52.0 Å². The Morgan fingerprint density at radius 3 is 1.53 bits per heavy atom. The summed E-state index contributed by atoms with van der Waals surface area (Å²) in [6.07, 6.45) is -0.330. The van der Waals surface area contributed by atoms with E-state index in [1.165, 1.54) is 0 Å². The molecule has 0 bridgehead atoms. The van der Waals surface area contributed by atoms with E-state index in [0.29, 0.717) is 0 Å². The van der Waals surface area contributed by atoms with Gasteiger partial charge in [0.1, 0.15) is 12.1 Å². The lowest BCUT2D eigenvalue weighted by atomic mass is 10.3. The summed E-state index contributed by atoms with van der Waals surface area (Å²) < 4.78 is 9.90. The molecule has 0 radical (unpaired) electrons. The number of carbonyl (C=O) groups excluding carboxylic acids is 2. The first-order chi connectivity index (χ1) is 6.91. The number of esters is 2. The first kappa shape index (κ1) is 12.0. The van der Waals surface area contributed by atoms with E-state index in [9.17, 15) is 9.59 Å². The van der Waals surface area contributed by atoms with Crippen LogP contribution in [0.4, 0.5) is 0 Å². The highest BCUT2D eigenvalue weighted by atomic mass is 16.6. The smallest absolute Gasteiger partial charge is 0.325 e. The fraction of sp³-hybridized carbons (Fsp3) is 0.800. The third-order valence-electron chi connectivity index (χ3n) is 1.79. The molecule has 1 aliphatic heterocycles. The molecule has 2 atom stereocenters. The summed E-state index contributed by atoms with van der Waals surface area (Å²) in [5.41, 5.74) is 0. The average Bonchev–Trinajstić information content (AvgIpc) is 2.79. The molecule has 15 heavy (non-hydrogen) atoms. The Hall–Kier alpha value is -1.10. The maximum absolute atomic E-state index is 11.3. The number of nitrogens with one attached hydrogen (secondary N) is 1. The van der Waals surface area contributed by atoms with Crippen molar-refractivity contribution in [3.8, 4) is 0 Å². The molecule has 0 spiro atoms. The third-order valence-corrected chi connectivity index (χ3v) is 1.79. The van der Waals surface area contributed by atoms with Gasteiger partial charge in [0.25, 0.3) is 0 Å². The van der Waals surface area contributed by atoms with Crippen molar-refractivity contribution in [1.29, 1.82) is 0 Å². The molecule has 0 amide bonds. The van der Waals surface area contributed by atoms with E-state index in [0.717, 1.165) is 0 Å². The lowest BCUT2D eigenvalue weighted by Gasteiger charge is -2.07. The molecular formula is C10H17NO4. The Morgan fingerprint density at radius 1 is 0.933 bits per heavy atom. The minimum atomic E-state index is -0.529. The van der Waals surface area contributed by atoms with E-state index in [2.05, 4.69) is 5.32 Å². The quantitative estimate of drug-likeness (QED) is 0.536. The fourth-order valence-corrected chi connectivity index (χ4v) is 1.16. The highest BCUT2D eigenvalue weighted by molar-refractivity contribution is 5.92. The van der Waals surface area contributed by atoms with Gasteiger partial charge in [-0.1, -0.05) is 0 Å². The normalized spacial score (nSPS) is 24.1. The summed E-state index contributed by atoms with van der Waals surface area (Å²) in [7, 11) is 0. The van der Waals surface area contributed by atoms with Gasteiger partial charge in [0.05, 0.1) is 12.2 Å². The van der Waals surface area contributed by atoms with Gasteiger partial charge < -0.3 is 9.47 Å². The summed E-state index contributed by atoms with van der Waals surface area (Å²) >= 11 is 0. The largest absolute Gasteiger partial charge is 0.462 e. The molecule has 1 saturated heterocycles. The lowest BCUT2D eigenvalue weighted by molar-refractivity contribution is -0.151. The van der Waals surface area contributed by atoms with Crippen molar-refractivity contribution in [3.05, 3.63) is 0 Å². The minimum absolute atomic E-state index is 0.165. The first-order valence-corrected chi connectivity index (χ1v) is 5.09. The van der Waals surface area contributed by atoms with Gasteiger partial charge >= 0.3 is 11.9 Å². The van der Waals surface area contributed by atoms with Crippen LogP contribution in [-0.4, -0.2) is 36.2 Å². The molecule has 5 heteroatoms. The van der Waals surface area contributed by atoms with Gasteiger partial charge in [0, 0.05) is 0 Å². The van der Waals surface area contributed by atoms with Gasteiger partial charge in [-0.05, 0) is 27.7 Å². The Bertz CT molecular complexity index is 236. The molecular weight excluding hydrogens is 198 g/mol. The van der Waals surface area contributed by atoms with E-state index in [1.54, 1.807) is 27.7 Å². The minimum Gasteiger partial charge on any atom is -0.462 e. The Kier molecular flexibility index (Phi) is 3.68. The summed E-state index contributed by atoms with van der Waals surface area (Å²) in [5.74, 6) is -0.786. The number of hydrogen-bond acceptors (Lipinski definition) is 5. The number of ether oxygens (including phenoxy) is 2. The molecule has 1 fully saturated rings. The topological polar surface area (TPSA) is 74.5 Å². The van der Waals surface area contributed by atoms with Gasteiger partial charge in [-0.3, -0.25) is 14.9 Å². The standard InChI is InChI=1S/C10H17NO4/c1-5(2)14-9(12)7-8(11-7)10(13)15-6(3)4/h5-8,11H,1-4H3/t7-,8-/m0/s1. The van der Waals surface area contributed by atoms with Crippen LogP contribution < -0.4 is 5.32 Å². The first-order valence-electron chi connectivity index (χ1n) is 5.09. The molecule has 0 aliphatic carbocycles. The molecule has 1 aliphatic rings. The molecule has 0 saturated carbocycles. The van der Waals surface area contributed by atoms with Crippen molar-refractivity contribution < 1.29 is 19.1 Å². The van der Waals surface area contributed by atoms with E-state index in [4.69, 9.17) is 9.47 Å². The van der Waals surface area contributed by atoms with Crippen molar-refractivity contribution in [3.63, 3.8) is 0 Å². The molecule has 0 aromatic heterocycles. The van der Waals surface area contributed by atoms with Crippen molar-refractivity contribution in [1.82, 2.24) is 5.32 Å². The zero-order valence-corrected chi connectivity index (χ0v) is 9.44. The predicted octanol–water partition coefficient (Wildman–Crippen LogP) is 0.230. The Labute approximate surface area is 89.1 Å².